The number of rotatable bonds is 6. The molecule has 0 spiro atoms. The molecule has 0 atom stereocenters. The van der Waals surface area contributed by atoms with Crippen LogP contribution in [0.1, 0.15) is 29.6 Å². The summed E-state index contributed by atoms with van der Waals surface area (Å²) in [6, 6.07) is 6.08. The molecule has 1 amide bonds. The number of carboxylic acids is 1. The number of carboxylic acid groups (broad SMARTS) is 1. The van der Waals surface area contributed by atoms with Crippen LogP contribution in [-0.4, -0.2) is 28.7 Å². The third-order valence-corrected chi connectivity index (χ3v) is 2.21. The van der Waals surface area contributed by atoms with Gasteiger partial charge in [0.2, 0.25) is 5.91 Å². The Labute approximate surface area is 99.1 Å². The van der Waals surface area contributed by atoms with Crippen LogP contribution in [0.5, 0.6) is 0 Å². The number of carbonyl (C=O) groups excluding carboxylic acids is 1. The maximum atomic E-state index is 11.4. The molecule has 3 N–H and O–H groups in total. The summed E-state index contributed by atoms with van der Waals surface area (Å²) in [4.78, 5) is 22.1. The lowest BCUT2D eigenvalue weighted by molar-refractivity contribution is -0.116. The largest absolute Gasteiger partial charge is 0.478 e. The van der Waals surface area contributed by atoms with Crippen LogP contribution < -0.4 is 5.32 Å². The van der Waals surface area contributed by atoms with E-state index in [-0.39, 0.29) is 18.1 Å². The first-order valence-electron chi connectivity index (χ1n) is 5.37. The average Bonchev–Trinajstić information content (AvgIpc) is 2.29. The lowest BCUT2D eigenvalue weighted by Crippen LogP contribution is -2.11. The van der Waals surface area contributed by atoms with Gasteiger partial charge < -0.3 is 15.5 Å². The number of aromatic carboxylic acids is 1. The fraction of sp³-hybridized carbons (Fsp3) is 0.333. The maximum absolute atomic E-state index is 11.4. The summed E-state index contributed by atoms with van der Waals surface area (Å²) in [5, 5.41) is 20.0. The molecule has 0 radical (unpaired) electrons. The fourth-order valence-corrected chi connectivity index (χ4v) is 1.35. The molecule has 0 saturated heterocycles. The number of anilines is 1. The van der Waals surface area contributed by atoms with Gasteiger partial charge in [-0.1, -0.05) is 6.07 Å². The number of hydrogen-bond donors (Lipinski definition) is 3. The van der Waals surface area contributed by atoms with Crippen LogP contribution in [0, 0.1) is 0 Å². The Hall–Kier alpha value is -1.88. The highest BCUT2D eigenvalue weighted by atomic mass is 16.4. The number of aliphatic hydroxyl groups excluding tert-OH is 1. The zero-order chi connectivity index (χ0) is 12.7. The van der Waals surface area contributed by atoms with E-state index in [0.29, 0.717) is 24.9 Å². The van der Waals surface area contributed by atoms with E-state index in [1.165, 1.54) is 12.1 Å². The quantitative estimate of drug-likeness (QED) is 0.654. The SMILES string of the molecule is O=C(CCCCO)Nc1cccc(C(=O)O)c1. The summed E-state index contributed by atoms with van der Waals surface area (Å²) < 4.78 is 0. The smallest absolute Gasteiger partial charge is 0.335 e. The molecule has 5 heteroatoms. The minimum absolute atomic E-state index is 0.0712. The molecule has 0 saturated carbocycles. The normalized spacial score (nSPS) is 9.94. The third kappa shape index (κ3) is 4.65. The van der Waals surface area contributed by atoms with Crippen molar-refractivity contribution < 1.29 is 19.8 Å². The van der Waals surface area contributed by atoms with Gasteiger partial charge in [0.05, 0.1) is 5.56 Å². The zero-order valence-corrected chi connectivity index (χ0v) is 9.35. The van der Waals surface area contributed by atoms with Gasteiger partial charge in [0.1, 0.15) is 0 Å². The number of nitrogens with one attached hydrogen (secondary N) is 1. The van der Waals surface area contributed by atoms with Crippen molar-refractivity contribution in [1.29, 1.82) is 0 Å². The van der Waals surface area contributed by atoms with Crippen molar-refractivity contribution in [2.45, 2.75) is 19.3 Å². The van der Waals surface area contributed by atoms with Crippen LogP contribution >= 0.6 is 0 Å². The number of benzene rings is 1. The number of unbranched alkanes of at least 4 members (excludes halogenated alkanes) is 1. The Morgan fingerprint density at radius 2 is 2.00 bits per heavy atom. The molecule has 0 fully saturated rings. The van der Waals surface area contributed by atoms with Gasteiger partial charge in [-0.3, -0.25) is 4.79 Å². The monoisotopic (exact) mass is 237 g/mol. The number of carbonyl (C=O) groups is 2. The molecule has 92 valence electrons. The van der Waals surface area contributed by atoms with Crippen molar-refractivity contribution in [2.75, 3.05) is 11.9 Å². The van der Waals surface area contributed by atoms with Crippen LogP contribution in [0.15, 0.2) is 24.3 Å². The number of amides is 1. The predicted octanol–water partition coefficient (Wildman–Crippen LogP) is 1.49. The fourth-order valence-electron chi connectivity index (χ4n) is 1.35. The molecule has 0 aromatic heterocycles. The third-order valence-electron chi connectivity index (χ3n) is 2.21. The second kappa shape index (κ2) is 6.65. The molecule has 1 rings (SSSR count). The average molecular weight is 237 g/mol. The molecular weight excluding hydrogens is 222 g/mol. The van der Waals surface area contributed by atoms with Gasteiger partial charge in [-0.25, -0.2) is 4.79 Å². The topological polar surface area (TPSA) is 86.6 Å². The molecule has 0 bridgehead atoms. The minimum Gasteiger partial charge on any atom is -0.478 e. The highest BCUT2D eigenvalue weighted by Gasteiger charge is 2.05. The van der Waals surface area contributed by atoms with E-state index in [0.717, 1.165) is 0 Å². The molecule has 0 aliphatic rings. The Morgan fingerprint density at radius 3 is 2.65 bits per heavy atom. The summed E-state index contributed by atoms with van der Waals surface area (Å²) in [5.41, 5.74) is 0.608. The molecule has 0 unspecified atom stereocenters. The standard InChI is InChI=1S/C12H15NO4/c14-7-2-1-6-11(15)13-10-5-3-4-9(8-10)12(16)17/h3-5,8,14H,1-2,6-7H2,(H,13,15)(H,16,17). The van der Waals surface area contributed by atoms with Crippen LogP contribution in [0.2, 0.25) is 0 Å². The summed E-state index contributed by atoms with van der Waals surface area (Å²) in [6.45, 7) is 0.0712. The van der Waals surface area contributed by atoms with E-state index >= 15 is 0 Å². The molecular formula is C12H15NO4. The first-order valence-corrected chi connectivity index (χ1v) is 5.37. The summed E-state index contributed by atoms with van der Waals surface area (Å²) in [6.07, 6.45) is 1.52. The predicted molar refractivity (Wildman–Crippen MR) is 63.0 cm³/mol. The minimum atomic E-state index is -1.03. The lowest BCUT2D eigenvalue weighted by Gasteiger charge is -2.05. The van der Waals surface area contributed by atoms with Crippen LogP contribution in [0.25, 0.3) is 0 Å². The first kappa shape index (κ1) is 13.2. The van der Waals surface area contributed by atoms with Gasteiger partial charge >= 0.3 is 5.97 Å². The summed E-state index contributed by atoms with van der Waals surface area (Å²) >= 11 is 0. The Balaban J connectivity index is 2.53. The van der Waals surface area contributed by atoms with Gasteiger partial charge in [0.25, 0.3) is 0 Å². The van der Waals surface area contributed by atoms with E-state index in [4.69, 9.17) is 10.2 Å². The van der Waals surface area contributed by atoms with E-state index in [1.54, 1.807) is 12.1 Å². The molecule has 1 aromatic rings. The van der Waals surface area contributed by atoms with E-state index < -0.39 is 5.97 Å². The van der Waals surface area contributed by atoms with Gasteiger partial charge in [-0.2, -0.15) is 0 Å². The summed E-state index contributed by atoms with van der Waals surface area (Å²) in [5.74, 6) is -1.21. The molecule has 0 aliphatic carbocycles. The van der Waals surface area contributed by atoms with Gasteiger partial charge in [-0.05, 0) is 31.0 Å². The lowest BCUT2D eigenvalue weighted by atomic mass is 10.2. The first-order chi connectivity index (χ1) is 8.13. The zero-order valence-electron chi connectivity index (χ0n) is 9.35. The maximum Gasteiger partial charge on any atom is 0.335 e. The van der Waals surface area contributed by atoms with Crippen molar-refractivity contribution >= 4 is 17.6 Å². The van der Waals surface area contributed by atoms with Crippen molar-refractivity contribution in [3.05, 3.63) is 29.8 Å². The van der Waals surface area contributed by atoms with Crippen LogP contribution in [0.3, 0.4) is 0 Å². The molecule has 1 aromatic carbocycles. The van der Waals surface area contributed by atoms with Crippen molar-refractivity contribution in [3.8, 4) is 0 Å². The van der Waals surface area contributed by atoms with E-state index in [1.807, 2.05) is 0 Å². The van der Waals surface area contributed by atoms with Gasteiger partial charge in [0, 0.05) is 18.7 Å². The van der Waals surface area contributed by atoms with Crippen molar-refractivity contribution in [1.82, 2.24) is 0 Å². The van der Waals surface area contributed by atoms with Gasteiger partial charge in [-0.15, -0.1) is 0 Å². The second-order valence-electron chi connectivity index (χ2n) is 3.61. The molecule has 0 aliphatic heterocycles. The number of aliphatic hydroxyl groups is 1. The van der Waals surface area contributed by atoms with Crippen molar-refractivity contribution in [3.63, 3.8) is 0 Å². The molecule has 0 heterocycles. The Bertz CT molecular complexity index is 403. The van der Waals surface area contributed by atoms with Crippen LogP contribution in [-0.2, 0) is 4.79 Å². The Morgan fingerprint density at radius 1 is 1.24 bits per heavy atom. The highest BCUT2D eigenvalue weighted by Crippen LogP contribution is 2.11. The van der Waals surface area contributed by atoms with Crippen LogP contribution in [0.4, 0.5) is 5.69 Å². The van der Waals surface area contributed by atoms with Gasteiger partial charge in [0.15, 0.2) is 0 Å². The number of hydrogen-bond acceptors (Lipinski definition) is 3. The summed E-state index contributed by atoms with van der Waals surface area (Å²) in [7, 11) is 0. The second-order valence-corrected chi connectivity index (χ2v) is 3.61. The highest BCUT2D eigenvalue weighted by molar-refractivity contribution is 5.93. The molecule has 17 heavy (non-hydrogen) atoms. The van der Waals surface area contributed by atoms with Crippen molar-refractivity contribution in [2.24, 2.45) is 0 Å². The molecule has 5 nitrogen and oxygen atoms in total. The Kier molecular flexibility index (Phi) is 5.16. The van der Waals surface area contributed by atoms with E-state index in [9.17, 15) is 9.59 Å². The van der Waals surface area contributed by atoms with E-state index in [2.05, 4.69) is 5.32 Å².